The first-order chi connectivity index (χ1) is 14.2. The van der Waals surface area contributed by atoms with E-state index < -0.39 is 16.6 Å². The Hall–Kier alpha value is -1.59. The monoisotopic (exact) mass is 496 g/mol. The van der Waals surface area contributed by atoms with Crippen molar-refractivity contribution in [2.45, 2.75) is 17.9 Å². The molecule has 2 aromatic rings. The third-order valence-electron chi connectivity index (χ3n) is 6.89. The van der Waals surface area contributed by atoms with Gasteiger partial charge in [-0.1, -0.05) is 0 Å². The van der Waals surface area contributed by atoms with Crippen molar-refractivity contribution in [2.24, 2.45) is 0 Å². The molecular formula is C24H26Cl2O4Ti. The van der Waals surface area contributed by atoms with Crippen LogP contribution in [0.25, 0.3) is 12.2 Å². The molecule has 31 heavy (non-hydrogen) atoms. The van der Waals surface area contributed by atoms with Gasteiger partial charge >= 0.3 is 176 Å². The average Bonchev–Trinajstić information content (AvgIpc) is 3.22. The van der Waals surface area contributed by atoms with E-state index in [2.05, 4.69) is 36.4 Å². The van der Waals surface area contributed by atoms with E-state index in [-0.39, 0.29) is 24.8 Å². The van der Waals surface area contributed by atoms with Crippen molar-refractivity contribution in [3.8, 4) is 23.0 Å². The van der Waals surface area contributed by atoms with Crippen LogP contribution >= 0.6 is 0 Å². The Morgan fingerprint density at radius 2 is 0.968 bits per heavy atom. The standard InChI is InChI=1S/2C11H11O2.C2H4.2ClH.Ti/c2*1-12-10-6-7-11(13-2)9-5-3-4-8(9)10;1-2;;;/h2*3-7H,1-2H3;1-2H2;2*1H;/q;;;;;+2/p-2. The molecule has 0 N–H and O–H groups in total. The summed E-state index contributed by atoms with van der Waals surface area (Å²) >= 11 is -2.34. The molecule has 1 aliphatic heterocycles. The first-order valence-electron chi connectivity index (χ1n) is 10.0. The zero-order chi connectivity index (χ0) is 20.2. The maximum absolute atomic E-state index is 5.80. The number of benzene rings is 2. The maximum atomic E-state index is 5.80. The number of allylic oxidation sites excluding steroid dienone is 2. The molecule has 164 valence electrons. The van der Waals surface area contributed by atoms with Crippen LogP contribution in [0, 0.1) is 0 Å². The fraction of sp³-hybridized carbons (Fsp3) is 0.333. The molecule has 2 unspecified atom stereocenters. The van der Waals surface area contributed by atoms with Crippen molar-refractivity contribution in [2.75, 3.05) is 28.4 Å². The van der Waals surface area contributed by atoms with E-state index in [1.165, 1.54) is 31.7 Å². The van der Waals surface area contributed by atoms with Gasteiger partial charge in [-0.25, -0.2) is 0 Å². The molecular weight excluding hydrogens is 471 g/mol. The van der Waals surface area contributed by atoms with Crippen LogP contribution in [-0.4, -0.2) is 28.4 Å². The normalized spacial score (nSPS) is 19.7. The fourth-order valence-electron chi connectivity index (χ4n) is 5.39. The fourth-order valence-corrected chi connectivity index (χ4v) is 14.5. The van der Waals surface area contributed by atoms with Crippen LogP contribution in [0.3, 0.4) is 0 Å². The van der Waals surface area contributed by atoms with E-state index in [4.69, 9.17) is 18.9 Å². The van der Waals surface area contributed by atoms with Crippen LogP contribution < -0.4 is 43.8 Å². The van der Waals surface area contributed by atoms with E-state index in [0.29, 0.717) is 8.45 Å². The first kappa shape index (κ1) is 24.1. The molecule has 5 rings (SSSR count). The minimum Gasteiger partial charge on any atom is -1.00 e. The van der Waals surface area contributed by atoms with Gasteiger partial charge in [0.2, 0.25) is 0 Å². The summed E-state index contributed by atoms with van der Waals surface area (Å²) in [4.78, 5) is 0. The average molecular weight is 497 g/mol. The summed E-state index contributed by atoms with van der Waals surface area (Å²) in [6, 6.07) is 8.13. The summed E-state index contributed by atoms with van der Waals surface area (Å²) in [5, 5.41) is 0. The number of fused-ring (bicyclic) bond motifs is 2. The van der Waals surface area contributed by atoms with Crippen molar-refractivity contribution < 1.29 is 60.4 Å². The predicted molar refractivity (Wildman–Crippen MR) is 112 cm³/mol. The number of hydrogen-bond donors (Lipinski definition) is 0. The Labute approximate surface area is 199 Å². The van der Waals surface area contributed by atoms with Crippen molar-refractivity contribution in [3.63, 3.8) is 0 Å². The molecule has 0 bridgehead atoms. The molecule has 4 nitrogen and oxygen atoms in total. The van der Waals surface area contributed by atoms with Gasteiger partial charge in [0.05, 0.1) is 0 Å². The van der Waals surface area contributed by atoms with Gasteiger partial charge in [0.25, 0.3) is 0 Å². The summed E-state index contributed by atoms with van der Waals surface area (Å²) in [5.74, 6) is 3.82. The molecule has 0 radical (unpaired) electrons. The second kappa shape index (κ2) is 9.11. The quantitative estimate of drug-likeness (QED) is 0.508. The molecule has 1 saturated heterocycles. The van der Waals surface area contributed by atoms with Gasteiger partial charge in [-0.15, -0.1) is 0 Å². The van der Waals surface area contributed by atoms with Crippen molar-refractivity contribution >= 4 is 12.2 Å². The molecule has 0 amide bonds. The second-order valence-corrected chi connectivity index (χ2v) is 15.4. The van der Waals surface area contributed by atoms with Crippen LogP contribution in [0.15, 0.2) is 36.4 Å². The summed E-state index contributed by atoms with van der Waals surface area (Å²) in [6.45, 7) is 0. The Balaban J connectivity index is 0.00000136. The van der Waals surface area contributed by atoms with Crippen LogP contribution in [-0.2, 0) is 16.6 Å². The topological polar surface area (TPSA) is 36.9 Å². The molecule has 1 heterocycles. The van der Waals surface area contributed by atoms with Crippen LogP contribution in [0.5, 0.6) is 23.0 Å². The van der Waals surface area contributed by atoms with Crippen molar-refractivity contribution in [1.82, 2.24) is 0 Å². The Kier molecular flexibility index (Phi) is 7.07. The third-order valence-corrected chi connectivity index (χ3v) is 14.8. The number of methoxy groups -OCH3 is 4. The summed E-state index contributed by atoms with van der Waals surface area (Å²) in [6.07, 6.45) is 9.33. The van der Waals surface area contributed by atoms with E-state index in [0.717, 1.165) is 23.0 Å². The van der Waals surface area contributed by atoms with Crippen LogP contribution in [0.1, 0.15) is 30.7 Å². The Bertz CT molecular complexity index is 967. The summed E-state index contributed by atoms with van der Waals surface area (Å²) in [5.41, 5.74) is 5.03. The maximum Gasteiger partial charge on any atom is -1.00 e. The molecule has 2 aliphatic carbocycles. The largest absolute Gasteiger partial charge is 1.00 e. The minimum atomic E-state index is -2.34. The Morgan fingerprint density at radius 1 is 0.613 bits per heavy atom. The number of halogens is 2. The van der Waals surface area contributed by atoms with Gasteiger partial charge in [-0.05, 0) is 0 Å². The van der Waals surface area contributed by atoms with E-state index in [9.17, 15) is 0 Å². The molecule has 7 heteroatoms. The number of hydrogen-bond acceptors (Lipinski definition) is 4. The van der Waals surface area contributed by atoms with Gasteiger partial charge in [0.15, 0.2) is 0 Å². The van der Waals surface area contributed by atoms with Gasteiger partial charge < -0.3 is 24.8 Å². The molecule has 2 aromatic carbocycles. The van der Waals surface area contributed by atoms with Crippen molar-refractivity contribution in [1.29, 1.82) is 0 Å². The van der Waals surface area contributed by atoms with Gasteiger partial charge in [0, 0.05) is 0 Å². The summed E-state index contributed by atoms with van der Waals surface area (Å²) < 4.78 is 26.5. The smallest absolute Gasteiger partial charge is 1.00 e. The molecule has 0 spiro atoms. The van der Waals surface area contributed by atoms with E-state index >= 15 is 0 Å². The predicted octanol–water partition coefficient (Wildman–Crippen LogP) is -0.431. The molecule has 0 aromatic heterocycles. The SMILES string of the molecule is COc1ccc(OC)c2c1C=C[CH]2[Ti+2]1([CH]2C=Cc3c(OC)ccc(OC)c32)[CH2][CH2]1.[Cl-].[Cl-]. The van der Waals surface area contributed by atoms with Gasteiger partial charge in [0.1, 0.15) is 0 Å². The van der Waals surface area contributed by atoms with Gasteiger partial charge in [-0.3, -0.25) is 0 Å². The molecule has 2 atom stereocenters. The summed E-state index contributed by atoms with van der Waals surface area (Å²) in [7, 11) is 7.01. The van der Waals surface area contributed by atoms with Gasteiger partial charge in [-0.2, -0.15) is 0 Å². The minimum absolute atomic E-state index is 0. The first-order valence-corrected chi connectivity index (χ1v) is 14.1. The number of rotatable bonds is 6. The molecule has 3 aliphatic rings. The van der Waals surface area contributed by atoms with Crippen molar-refractivity contribution in [3.05, 3.63) is 58.7 Å². The van der Waals surface area contributed by atoms with Crippen LogP contribution in [0.2, 0.25) is 9.45 Å². The zero-order valence-electron chi connectivity index (χ0n) is 18.1. The van der Waals surface area contributed by atoms with E-state index in [1.54, 1.807) is 28.4 Å². The third kappa shape index (κ3) is 3.49. The van der Waals surface area contributed by atoms with E-state index in [1.807, 2.05) is 12.1 Å². The zero-order valence-corrected chi connectivity index (χ0v) is 21.2. The molecule has 0 saturated carbocycles. The van der Waals surface area contributed by atoms with Crippen LogP contribution in [0.4, 0.5) is 0 Å². The number of ether oxygens (including phenoxy) is 4. The molecule has 1 fully saturated rings. The Morgan fingerprint density at radius 3 is 1.29 bits per heavy atom. The second-order valence-electron chi connectivity index (χ2n) is 8.00.